The van der Waals surface area contributed by atoms with Gasteiger partial charge in [0.05, 0.1) is 6.10 Å². The van der Waals surface area contributed by atoms with Crippen LogP contribution in [0.3, 0.4) is 0 Å². The Morgan fingerprint density at radius 2 is 1.83 bits per heavy atom. The maximum atomic E-state index is 5.51. The monoisotopic (exact) mass is 182 g/mol. The van der Waals surface area contributed by atoms with Crippen LogP contribution in [0.1, 0.15) is 19.4 Å². The highest BCUT2D eigenvalue weighted by molar-refractivity contribution is 7.15. The first-order valence-corrected chi connectivity index (χ1v) is 4.99. The highest BCUT2D eigenvalue weighted by Gasteiger charge is 1.96. The Hall–Kier alpha value is -0.550. The molecule has 1 unspecified atom stereocenters. The summed E-state index contributed by atoms with van der Waals surface area (Å²) >= 11 is 0. The van der Waals surface area contributed by atoms with Crippen LogP contribution in [0.5, 0.6) is 5.75 Å². The second-order valence-corrected chi connectivity index (χ2v) is 3.42. The molecule has 0 N–H and O–H groups in total. The van der Waals surface area contributed by atoms with E-state index in [1.165, 1.54) is 5.56 Å². The van der Waals surface area contributed by atoms with Crippen molar-refractivity contribution in [2.45, 2.75) is 26.1 Å². The van der Waals surface area contributed by atoms with E-state index >= 15 is 0 Å². The van der Waals surface area contributed by atoms with Crippen molar-refractivity contribution in [2.24, 2.45) is 0 Å². The van der Waals surface area contributed by atoms with Gasteiger partial charge in [0.2, 0.25) is 0 Å². The molecule has 1 aromatic rings. The first-order valence-electron chi connectivity index (χ1n) is 4.18. The molecule has 0 amide bonds. The van der Waals surface area contributed by atoms with Crippen molar-refractivity contribution in [3.8, 4) is 5.75 Å². The van der Waals surface area contributed by atoms with Gasteiger partial charge in [-0.25, -0.2) is 0 Å². The van der Waals surface area contributed by atoms with E-state index in [1.54, 1.807) is 0 Å². The van der Waals surface area contributed by atoms with Crippen molar-refractivity contribution >= 4 is 9.24 Å². The van der Waals surface area contributed by atoms with Gasteiger partial charge >= 0.3 is 0 Å². The van der Waals surface area contributed by atoms with E-state index in [2.05, 4.69) is 21.4 Å². The molecule has 0 bridgehead atoms. The minimum absolute atomic E-state index is 0.256. The number of benzene rings is 1. The van der Waals surface area contributed by atoms with Crippen LogP contribution in [0, 0.1) is 0 Å². The lowest BCUT2D eigenvalue weighted by Crippen LogP contribution is -2.05. The topological polar surface area (TPSA) is 9.23 Å². The average molecular weight is 182 g/mol. The predicted octanol–water partition coefficient (Wildman–Crippen LogP) is 2.85. The van der Waals surface area contributed by atoms with Gasteiger partial charge in [0.25, 0.3) is 0 Å². The maximum absolute atomic E-state index is 5.51. The molecule has 0 saturated heterocycles. The zero-order valence-electron chi connectivity index (χ0n) is 7.58. The van der Waals surface area contributed by atoms with Gasteiger partial charge in [0, 0.05) is 0 Å². The molecule has 0 aliphatic carbocycles. The Balaban J connectivity index is 2.65. The Bertz CT molecular complexity index is 228. The van der Waals surface area contributed by atoms with Crippen LogP contribution in [0.4, 0.5) is 0 Å². The standard InChI is InChI=1S/C10H15OP/c1-8(2)11-10-5-3-9(7-12)4-6-10/h3-6,8H,7,12H2,1-2H3. The summed E-state index contributed by atoms with van der Waals surface area (Å²) in [5.41, 5.74) is 1.32. The zero-order valence-corrected chi connectivity index (χ0v) is 8.73. The number of ether oxygens (including phenoxy) is 1. The highest BCUT2D eigenvalue weighted by Crippen LogP contribution is 2.15. The highest BCUT2D eigenvalue weighted by atomic mass is 31.0. The van der Waals surface area contributed by atoms with Gasteiger partial charge in [-0.1, -0.05) is 12.1 Å². The summed E-state index contributed by atoms with van der Waals surface area (Å²) in [5, 5.41) is 0. The molecule has 66 valence electrons. The van der Waals surface area contributed by atoms with E-state index in [0.29, 0.717) is 0 Å². The minimum atomic E-state index is 0.256. The van der Waals surface area contributed by atoms with Crippen LogP contribution < -0.4 is 4.74 Å². The summed E-state index contributed by atoms with van der Waals surface area (Å²) in [5.74, 6) is 0.951. The van der Waals surface area contributed by atoms with Crippen molar-refractivity contribution < 1.29 is 4.74 Å². The molecule has 2 heteroatoms. The van der Waals surface area contributed by atoms with Gasteiger partial charge in [-0.3, -0.25) is 0 Å². The molecule has 0 saturated carbocycles. The summed E-state index contributed by atoms with van der Waals surface area (Å²) in [7, 11) is 2.70. The van der Waals surface area contributed by atoms with E-state index in [-0.39, 0.29) is 6.10 Å². The minimum Gasteiger partial charge on any atom is -0.491 e. The van der Waals surface area contributed by atoms with Crippen molar-refractivity contribution in [1.29, 1.82) is 0 Å². The maximum Gasteiger partial charge on any atom is 0.119 e. The lowest BCUT2D eigenvalue weighted by atomic mass is 10.2. The normalized spacial score (nSPS) is 10.3. The molecule has 0 aliphatic rings. The molecule has 1 rings (SSSR count). The third-order valence-corrected chi connectivity index (χ3v) is 2.00. The fourth-order valence-electron chi connectivity index (χ4n) is 0.976. The van der Waals surface area contributed by atoms with Crippen molar-refractivity contribution in [3.05, 3.63) is 29.8 Å². The molecule has 12 heavy (non-hydrogen) atoms. The molecule has 0 spiro atoms. The van der Waals surface area contributed by atoms with Crippen LogP contribution in [0.25, 0.3) is 0 Å². The largest absolute Gasteiger partial charge is 0.491 e. The second kappa shape index (κ2) is 4.47. The van der Waals surface area contributed by atoms with Crippen LogP contribution >= 0.6 is 9.24 Å². The Morgan fingerprint density at radius 3 is 2.25 bits per heavy atom. The average Bonchev–Trinajstić information content (AvgIpc) is 2.05. The smallest absolute Gasteiger partial charge is 0.119 e. The lowest BCUT2D eigenvalue weighted by Gasteiger charge is -2.09. The van der Waals surface area contributed by atoms with Gasteiger partial charge in [0.1, 0.15) is 5.75 Å². The van der Waals surface area contributed by atoms with E-state index in [4.69, 9.17) is 4.74 Å². The van der Waals surface area contributed by atoms with Gasteiger partial charge in [-0.15, -0.1) is 9.24 Å². The first-order chi connectivity index (χ1) is 5.72. The molecule has 0 radical (unpaired) electrons. The molecule has 1 nitrogen and oxygen atoms in total. The molecule has 1 aromatic carbocycles. The Kier molecular flexibility index (Phi) is 3.55. The third-order valence-electron chi connectivity index (χ3n) is 1.53. The van der Waals surface area contributed by atoms with Gasteiger partial charge in [-0.05, 0) is 37.7 Å². The van der Waals surface area contributed by atoms with E-state index in [1.807, 2.05) is 26.0 Å². The quantitative estimate of drug-likeness (QED) is 0.653. The van der Waals surface area contributed by atoms with Crippen molar-refractivity contribution in [3.63, 3.8) is 0 Å². The number of rotatable bonds is 3. The molecule has 0 heterocycles. The number of hydrogen-bond acceptors (Lipinski definition) is 1. The second-order valence-electron chi connectivity index (χ2n) is 3.01. The van der Waals surface area contributed by atoms with Crippen molar-refractivity contribution in [1.82, 2.24) is 0 Å². The Labute approximate surface area is 76.3 Å². The van der Waals surface area contributed by atoms with Gasteiger partial charge in [-0.2, -0.15) is 0 Å². The summed E-state index contributed by atoms with van der Waals surface area (Å²) in [6.07, 6.45) is 1.26. The van der Waals surface area contributed by atoms with Gasteiger partial charge < -0.3 is 4.74 Å². The lowest BCUT2D eigenvalue weighted by molar-refractivity contribution is 0.242. The van der Waals surface area contributed by atoms with Crippen LogP contribution in [0.2, 0.25) is 0 Å². The SMILES string of the molecule is CC(C)Oc1ccc(CP)cc1. The summed E-state index contributed by atoms with van der Waals surface area (Å²) in [6.45, 7) is 4.06. The fourth-order valence-corrected chi connectivity index (χ4v) is 1.25. The van der Waals surface area contributed by atoms with E-state index in [0.717, 1.165) is 11.9 Å². The number of hydrogen-bond donors (Lipinski definition) is 0. The third kappa shape index (κ3) is 2.83. The molecule has 1 atom stereocenters. The van der Waals surface area contributed by atoms with Crippen LogP contribution in [-0.4, -0.2) is 6.10 Å². The summed E-state index contributed by atoms with van der Waals surface area (Å²) < 4.78 is 5.51. The molecule has 0 aromatic heterocycles. The molecule has 0 aliphatic heterocycles. The summed E-state index contributed by atoms with van der Waals surface area (Å²) in [6, 6.07) is 8.20. The molecular weight excluding hydrogens is 167 g/mol. The van der Waals surface area contributed by atoms with E-state index < -0.39 is 0 Å². The first kappa shape index (κ1) is 9.54. The zero-order chi connectivity index (χ0) is 8.97. The molecular formula is C10H15OP. The van der Waals surface area contributed by atoms with Crippen molar-refractivity contribution in [2.75, 3.05) is 0 Å². The molecule has 0 fully saturated rings. The van der Waals surface area contributed by atoms with E-state index in [9.17, 15) is 0 Å². The van der Waals surface area contributed by atoms with Crippen LogP contribution in [0.15, 0.2) is 24.3 Å². The summed E-state index contributed by atoms with van der Waals surface area (Å²) in [4.78, 5) is 0. The Morgan fingerprint density at radius 1 is 1.25 bits per heavy atom. The fraction of sp³-hybridized carbons (Fsp3) is 0.400. The van der Waals surface area contributed by atoms with Gasteiger partial charge in [0.15, 0.2) is 0 Å². The van der Waals surface area contributed by atoms with Crippen LogP contribution in [-0.2, 0) is 6.16 Å². The predicted molar refractivity (Wildman–Crippen MR) is 55.6 cm³/mol.